The first kappa shape index (κ1) is 10.7. The Kier molecular flexibility index (Phi) is 6.80. The molecule has 3 heteroatoms. The molecule has 2 atom stereocenters. The summed E-state index contributed by atoms with van der Waals surface area (Å²) in [6.45, 7) is 3.11. The molecule has 0 aliphatic heterocycles. The van der Waals surface area contributed by atoms with Gasteiger partial charge >= 0.3 is 0 Å². The van der Waals surface area contributed by atoms with Gasteiger partial charge in [-0.1, -0.05) is 6.92 Å². The van der Waals surface area contributed by atoms with Crippen molar-refractivity contribution in [3.63, 3.8) is 0 Å². The van der Waals surface area contributed by atoms with Gasteiger partial charge in [-0.15, -0.1) is 11.7 Å². The van der Waals surface area contributed by atoms with Gasteiger partial charge in [-0.25, -0.2) is 9.93 Å². The van der Waals surface area contributed by atoms with Crippen LogP contribution in [0.15, 0.2) is 0 Å². The molecule has 0 rings (SSSR count). The fourth-order valence-electron chi connectivity index (χ4n) is 1.01. The smallest absolute Gasteiger partial charge is 0.00772 e. The lowest BCUT2D eigenvalue weighted by atomic mass is 10.1. The molecule has 2 unspecified atom stereocenters. The number of hydrogen-bond acceptors (Lipinski definition) is 2. The summed E-state index contributed by atoms with van der Waals surface area (Å²) in [6, 6.07) is 0. The van der Waals surface area contributed by atoms with Crippen molar-refractivity contribution < 1.29 is 0 Å². The van der Waals surface area contributed by atoms with Crippen LogP contribution in [0.2, 0.25) is 0 Å². The summed E-state index contributed by atoms with van der Waals surface area (Å²) in [4.78, 5) is 0. The Bertz CT molecular complexity index is 76.0. The molecule has 0 spiro atoms. The van der Waals surface area contributed by atoms with E-state index in [9.17, 15) is 0 Å². The van der Waals surface area contributed by atoms with Crippen LogP contribution in [0.4, 0.5) is 0 Å². The van der Waals surface area contributed by atoms with Gasteiger partial charge in [0, 0.05) is 0 Å². The molecular weight excluding hydrogens is 162 g/mol. The van der Waals surface area contributed by atoms with Crippen molar-refractivity contribution in [3.05, 3.63) is 0 Å². The molecule has 0 aliphatic rings. The molecule has 0 aromatic carbocycles. The molecule has 2 N–H and O–H groups in total. The first-order valence-electron chi connectivity index (χ1n) is 3.77. The second-order valence-electron chi connectivity index (χ2n) is 2.88. The molecule has 0 fully saturated rings. The summed E-state index contributed by atoms with van der Waals surface area (Å²) in [5.41, 5.74) is 5.39. The standard InChI is InChI=1S/C7H19NS2/c1-7(4-3-5-8)6-10(2)9/h7,9-10H,3-6,8H2,1-2H3. The maximum absolute atomic E-state index is 5.39. The third-order valence-corrected chi connectivity index (χ3v) is 3.12. The summed E-state index contributed by atoms with van der Waals surface area (Å²) >= 11 is 4.39. The van der Waals surface area contributed by atoms with Crippen LogP contribution in [-0.4, -0.2) is 18.6 Å². The molecule has 0 aromatic rings. The summed E-state index contributed by atoms with van der Waals surface area (Å²) in [5.74, 6) is 2.09. The van der Waals surface area contributed by atoms with Gasteiger partial charge in [0.05, 0.1) is 0 Å². The minimum Gasteiger partial charge on any atom is -0.330 e. The van der Waals surface area contributed by atoms with Crippen molar-refractivity contribution in [3.8, 4) is 0 Å². The van der Waals surface area contributed by atoms with Crippen LogP contribution in [0.3, 0.4) is 0 Å². The van der Waals surface area contributed by atoms with E-state index in [1.54, 1.807) is 0 Å². The molecule has 0 saturated heterocycles. The van der Waals surface area contributed by atoms with Crippen molar-refractivity contribution in [1.82, 2.24) is 0 Å². The predicted molar refractivity (Wildman–Crippen MR) is 56.2 cm³/mol. The van der Waals surface area contributed by atoms with Crippen LogP contribution in [0.1, 0.15) is 19.8 Å². The lowest BCUT2D eigenvalue weighted by molar-refractivity contribution is 0.569. The van der Waals surface area contributed by atoms with Crippen molar-refractivity contribution in [2.24, 2.45) is 11.7 Å². The number of thiol groups is 2. The monoisotopic (exact) mass is 181 g/mol. The number of hydrogen-bond donors (Lipinski definition) is 3. The van der Waals surface area contributed by atoms with Gasteiger partial charge < -0.3 is 5.73 Å². The van der Waals surface area contributed by atoms with Gasteiger partial charge in [0.25, 0.3) is 0 Å². The highest BCUT2D eigenvalue weighted by Crippen LogP contribution is 2.28. The second kappa shape index (κ2) is 6.38. The molecule has 0 aliphatic carbocycles. The molecule has 10 heavy (non-hydrogen) atoms. The Morgan fingerprint density at radius 1 is 1.60 bits per heavy atom. The summed E-state index contributed by atoms with van der Waals surface area (Å²) < 4.78 is 0. The zero-order valence-electron chi connectivity index (χ0n) is 6.88. The molecule has 0 saturated carbocycles. The van der Waals surface area contributed by atoms with Crippen LogP contribution < -0.4 is 5.73 Å². The Hall–Kier alpha value is 0.660. The molecule has 64 valence electrons. The normalized spacial score (nSPS) is 18.6. The first-order valence-corrected chi connectivity index (χ1v) is 6.89. The number of rotatable bonds is 5. The Morgan fingerprint density at radius 3 is 2.60 bits per heavy atom. The highest BCUT2D eigenvalue weighted by molar-refractivity contribution is 8.77. The van der Waals surface area contributed by atoms with Crippen LogP contribution >= 0.6 is 21.6 Å². The van der Waals surface area contributed by atoms with Crippen molar-refractivity contribution >= 4 is 21.6 Å². The quantitative estimate of drug-likeness (QED) is 0.438. The van der Waals surface area contributed by atoms with Crippen LogP contribution in [0.25, 0.3) is 0 Å². The SMILES string of the molecule is CC(CCCN)C[SH](C)S. The Balaban J connectivity index is 3.16. The van der Waals surface area contributed by atoms with E-state index in [0.717, 1.165) is 18.9 Å². The highest BCUT2D eigenvalue weighted by Gasteiger charge is 2.01. The topological polar surface area (TPSA) is 26.0 Å². The molecule has 0 bridgehead atoms. The zero-order valence-corrected chi connectivity index (χ0v) is 8.67. The van der Waals surface area contributed by atoms with E-state index in [4.69, 9.17) is 5.73 Å². The summed E-state index contributed by atoms with van der Waals surface area (Å²) in [5, 5.41) is 0. The molecule has 1 nitrogen and oxygen atoms in total. The van der Waals surface area contributed by atoms with Crippen molar-refractivity contribution in [1.29, 1.82) is 0 Å². The maximum Gasteiger partial charge on any atom is -0.00772 e. The lowest BCUT2D eigenvalue weighted by Gasteiger charge is -2.14. The average molecular weight is 181 g/mol. The fourth-order valence-corrected chi connectivity index (χ4v) is 2.93. The molecular formula is C7H19NS2. The maximum atomic E-state index is 5.39. The van der Waals surface area contributed by atoms with Gasteiger partial charge in [0.15, 0.2) is 0 Å². The molecule has 0 heterocycles. The van der Waals surface area contributed by atoms with E-state index in [1.165, 1.54) is 12.2 Å². The first-order chi connectivity index (χ1) is 4.66. The minimum atomic E-state index is -0.00280. The van der Waals surface area contributed by atoms with E-state index in [0.29, 0.717) is 0 Å². The highest BCUT2D eigenvalue weighted by atomic mass is 33.1. The van der Waals surface area contributed by atoms with Crippen LogP contribution in [0.5, 0.6) is 0 Å². The predicted octanol–water partition coefficient (Wildman–Crippen LogP) is 1.84. The third kappa shape index (κ3) is 6.78. The molecule has 0 aromatic heterocycles. The van der Waals surface area contributed by atoms with Crippen molar-refractivity contribution in [2.75, 3.05) is 18.6 Å². The van der Waals surface area contributed by atoms with Crippen LogP contribution in [0, 0.1) is 5.92 Å². The third-order valence-electron chi connectivity index (χ3n) is 1.48. The summed E-state index contributed by atoms with van der Waals surface area (Å²) in [6.07, 6.45) is 4.64. The van der Waals surface area contributed by atoms with E-state index < -0.39 is 0 Å². The lowest BCUT2D eigenvalue weighted by Crippen LogP contribution is -2.05. The Morgan fingerprint density at radius 2 is 2.20 bits per heavy atom. The van der Waals surface area contributed by atoms with Crippen LogP contribution in [-0.2, 0) is 0 Å². The minimum absolute atomic E-state index is 0.00280. The van der Waals surface area contributed by atoms with Crippen molar-refractivity contribution in [2.45, 2.75) is 19.8 Å². The second-order valence-corrected chi connectivity index (χ2v) is 6.61. The fraction of sp³-hybridized carbons (Fsp3) is 1.00. The van der Waals surface area contributed by atoms with E-state index in [-0.39, 0.29) is 9.93 Å². The van der Waals surface area contributed by atoms with Gasteiger partial charge in [-0.05, 0) is 37.3 Å². The Labute approximate surface area is 71.9 Å². The van der Waals surface area contributed by atoms with Gasteiger partial charge in [0.1, 0.15) is 0 Å². The largest absolute Gasteiger partial charge is 0.330 e. The zero-order chi connectivity index (χ0) is 7.98. The van der Waals surface area contributed by atoms with E-state index in [2.05, 4.69) is 24.8 Å². The van der Waals surface area contributed by atoms with Gasteiger partial charge in [-0.3, -0.25) is 0 Å². The van der Waals surface area contributed by atoms with E-state index >= 15 is 0 Å². The average Bonchev–Trinajstić information content (AvgIpc) is 1.82. The molecule has 0 radical (unpaired) electrons. The van der Waals surface area contributed by atoms with Gasteiger partial charge in [0.2, 0.25) is 0 Å². The van der Waals surface area contributed by atoms with E-state index in [1.807, 2.05) is 0 Å². The molecule has 0 amide bonds. The number of nitrogens with two attached hydrogens (primary N) is 1. The van der Waals surface area contributed by atoms with Gasteiger partial charge in [-0.2, -0.15) is 0 Å². The summed E-state index contributed by atoms with van der Waals surface area (Å²) in [7, 11) is -0.00280.